The Morgan fingerprint density at radius 3 is 2.62 bits per heavy atom. The largest absolute Gasteiger partial charge is 0.495 e. The van der Waals surface area contributed by atoms with Crippen LogP contribution in [0.4, 0.5) is 0 Å². The van der Waals surface area contributed by atoms with Gasteiger partial charge in [-0.1, -0.05) is 19.1 Å². The highest BCUT2D eigenvalue weighted by molar-refractivity contribution is 7.85. The molecule has 0 amide bonds. The van der Waals surface area contributed by atoms with E-state index in [-0.39, 0.29) is 11.3 Å². The van der Waals surface area contributed by atoms with E-state index in [4.69, 9.17) is 10.5 Å². The van der Waals surface area contributed by atoms with Gasteiger partial charge in [0.15, 0.2) is 0 Å². The summed E-state index contributed by atoms with van der Waals surface area (Å²) in [6.07, 6.45) is 0.821. The second kappa shape index (κ2) is 6.01. The second-order valence-corrected chi connectivity index (χ2v) is 5.50. The number of ether oxygens (including phenoxy) is 1. The number of para-hydroxylation sites is 1. The summed E-state index contributed by atoms with van der Waals surface area (Å²) >= 11 is 0. The molecule has 90 valence electrons. The maximum atomic E-state index is 12.3. The number of nitrogens with two attached hydrogens (primary N) is 1. The molecule has 1 aromatic carbocycles. The van der Waals surface area contributed by atoms with Gasteiger partial charge >= 0.3 is 0 Å². The van der Waals surface area contributed by atoms with E-state index >= 15 is 0 Å². The van der Waals surface area contributed by atoms with Crippen LogP contribution in [0.3, 0.4) is 0 Å². The van der Waals surface area contributed by atoms with E-state index in [1.54, 1.807) is 7.11 Å². The van der Waals surface area contributed by atoms with Crippen molar-refractivity contribution in [3.05, 3.63) is 24.3 Å². The molecule has 3 atom stereocenters. The molecule has 0 spiro atoms. The van der Waals surface area contributed by atoms with Gasteiger partial charge in [0.05, 0.1) is 28.1 Å². The predicted molar refractivity (Wildman–Crippen MR) is 67.1 cm³/mol. The molecular formula is C12H19NO2S. The summed E-state index contributed by atoms with van der Waals surface area (Å²) in [4.78, 5) is 0.724. The van der Waals surface area contributed by atoms with Crippen LogP contribution in [0.15, 0.2) is 29.2 Å². The first-order valence-electron chi connectivity index (χ1n) is 5.41. The quantitative estimate of drug-likeness (QED) is 0.857. The maximum Gasteiger partial charge on any atom is 0.134 e. The van der Waals surface area contributed by atoms with E-state index in [1.807, 2.05) is 38.1 Å². The molecule has 0 radical (unpaired) electrons. The highest BCUT2D eigenvalue weighted by Gasteiger charge is 2.21. The fourth-order valence-electron chi connectivity index (χ4n) is 1.48. The van der Waals surface area contributed by atoms with Crippen molar-refractivity contribution >= 4 is 10.8 Å². The van der Waals surface area contributed by atoms with Crippen LogP contribution in [0.1, 0.15) is 20.3 Å². The highest BCUT2D eigenvalue weighted by atomic mass is 32.2. The zero-order valence-corrected chi connectivity index (χ0v) is 10.8. The Hall–Kier alpha value is -0.870. The normalized spacial score (nSPS) is 16.5. The third-order valence-electron chi connectivity index (χ3n) is 2.70. The van der Waals surface area contributed by atoms with Crippen LogP contribution in [0.5, 0.6) is 5.75 Å². The lowest BCUT2D eigenvalue weighted by Gasteiger charge is -2.18. The van der Waals surface area contributed by atoms with Crippen molar-refractivity contribution in [3.8, 4) is 5.75 Å². The third-order valence-corrected chi connectivity index (χ3v) is 4.49. The number of rotatable bonds is 5. The Labute approximate surface area is 99.4 Å². The number of hydrogen-bond donors (Lipinski definition) is 1. The van der Waals surface area contributed by atoms with E-state index < -0.39 is 10.8 Å². The summed E-state index contributed by atoms with van der Waals surface area (Å²) in [6.45, 7) is 3.91. The summed E-state index contributed by atoms with van der Waals surface area (Å²) < 4.78 is 17.5. The molecule has 2 N–H and O–H groups in total. The van der Waals surface area contributed by atoms with Gasteiger partial charge in [-0.05, 0) is 25.5 Å². The predicted octanol–water partition coefficient (Wildman–Crippen LogP) is 1.93. The van der Waals surface area contributed by atoms with Gasteiger partial charge in [-0.25, -0.2) is 0 Å². The standard InChI is InChI=1S/C12H19NO2S/c1-4-10(13)9(2)16(14)12-8-6-5-7-11(12)15-3/h5-10H,4,13H2,1-3H3. The molecule has 0 saturated heterocycles. The van der Waals surface area contributed by atoms with Crippen LogP contribution in [-0.4, -0.2) is 22.6 Å². The first kappa shape index (κ1) is 13.2. The first-order chi connectivity index (χ1) is 7.61. The topological polar surface area (TPSA) is 52.3 Å². The Bertz CT molecular complexity index is 368. The molecule has 16 heavy (non-hydrogen) atoms. The Morgan fingerprint density at radius 1 is 1.44 bits per heavy atom. The molecule has 0 aromatic heterocycles. The van der Waals surface area contributed by atoms with Gasteiger partial charge in [0.1, 0.15) is 5.75 Å². The first-order valence-corrected chi connectivity index (χ1v) is 6.62. The summed E-state index contributed by atoms with van der Waals surface area (Å²) in [6, 6.07) is 7.32. The Balaban J connectivity index is 2.95. The van der Waals surface area contributed by atoms with Gasteiger partial charge in [-0.3, -0.25) is 4.21 Å². The van der Waals surface area contributed by atoms with Gasteiger partial charge in [-0.2, -0.15) is 0 Å². The average molecular weight is 241 g/mol. The molecule has 0 aliphatic carbocycles. The van der Waals surface area contributed by atoms with Crippen molar-refractivity contribution in [1.29, 1.82) is 0 Å². The van der Waals surface area contributed by atoms with Gasteiger partial charge < -0.3 is 10.5 Å². The Morgan fingerprint density at radius 2 is 2.06 bits per heavy atom. The third kappa shape index (κ3) is 2.83. The van der Waals surface area contributed by atoms with Gasteiger partial charge in [0.25, 0.3) is 0 Å². The Kier molecular flexibility index (Phi) is 4.96. The smallest absolute Gasteiger partial charge is 0.134 e. The van der Waals surface area contributed by atoms with Crippen LogP contribution >= 0.6 is 0 Å². The molecule has 1 rings (SSSR count). The van der Waals surface area contributed by atoms with Crippen LogP contribution in [0, 0.1) is 0 Å². The average Bonchev–Trinajstić information content (AvgIpc) is 2.35. The SMILES string of the molecule is CCC(N)C(C)S(=O)c1ccccc1OC. The summed E-state index contributed by atoms with van der Waals surface area (Å²) in [5, 5.41) is -0.0682. The van der Waals surface area contributed by atoms with Crippen molar-refractivity contribution in [2.75, 3.05) is 7.11 Å². The van der Waals surface area contributed by atoms with E-state index in [1.165, 1.54) is 0 Å². The number of hydrogen-bond acceptors (Lipinski definition) is 3. The lowest BCUT2D eigenvalue weighted by molar-refractivity contribution is 0.403. The molecule has 0 bridgehead atoms. The molecule has 1 aromatic rings. The van der Waals surface area contributed by atoms with Crippen molar-refractivity contribution < 1.29 is 8.95 Å². The fourth-order valence-corrected chi connectivity index (χ4v) is 2.95. The summed E-state index contributed by atoms with van der Waals surface area (Å²) in [5.41, 5.74) is 5.91. The molecular weight excluding hydrogens is 222 g/mol. The minimum Gasteiger partial charge on any atom is -0.495 e. The maximum absolute atomic E-state index is 12.3. The molecule has 4 heteroatoms. The summed E-state index contributed by atoms with van der Waals surface area (Å²) in [7, 11) is 0.464. The molecule has 0 heterocycles. The van der Waals surface area contributed by atoms with Crippen molar-refractivity contribution in [3.63, 3.8) is 0 Å². The van der Waals surface area contributed by atoms with Crippen molar-refractivity contribution in [1.82, 2.24) is 0 Å². The lowest BCUT2D eigenvalue weighted by atomic mass is 10.2. The van der Waals surface area contributed by atoms with Crippen LogP contribution in [-0.2, 0) is 10.8 Å². The minimum absolute atomic E-state index is 0.0502. The van der Waals surface area contributed by atoms with Crippen LogP contribution in [0.2, 0.25) is 0 Å². The zero-order valence-electron chi connectivity index (χ0n) is 9.97. The summed E-state index contributed by atoms with van der Waals surface area (Å²) in [5.74, 6) is 0.663. The van der Waals surface area contributed by atoms with E-state index in [0.717, 1.165) is 11.3 Å². The lowest BCUT2D eigenvalue weighted by Crippen LogP contribution is -2.35. The molecule has 0 aliphatic heterocycles. The van der Waals surface area contributed by atoms with E-state index in [2.05, 4.69) is 0 Å². The molecule has 0 fully saturated rings. The van der Waals surface area contributed by atoms with E-state index in [0.29, 0.717) is 5.75 Å². The van der Waals surface area contributed by atoms with Gasteiger partial charge in [0.2, 0.25) is 0 Å². The number of methoxy groups -OCH3 is 1. The second-order valence-electron chi connectivity index (χ2n) is 3.73. The van der Waals surface area contributed by atoms with Gasteiger partial charge in [-0.15, -0.1) is 0 Å². The van der Waals surface area contributed by atoms with Crippen LogP contribution in [0.25, 0.3) is 0 Å². The van der Waals surface area contributed by atoms with E-state index in [9.17, 15) is 4.21 Å². The fraction of sp³-hybridized carbons (Fsp3) is 0.500. The van der Waals surface area contributed by atoms with Crippen molar-refractivity contribution in [2.24, 2.45) is 5.73 Å². The molecule has 3 nitrogen and oxygen atoms in total. The highest BCUT2D eigenvalue weighted by Crippen LogP contribution is 2.24. The monoisotopic (exact) mass is 241 g/mol. The van der Waals surface area contributed by atoms with Crippen LogP contribution < -0.4 is 10.5 Å². The molecule has 0 saturated carbocycles. The zero-order chi connectivity index (χ0) is 12.1. The van der Waals surface area contributed by atoms with Gasteiger partial charge in [0, 0.05) is 6.04 Å². The minimum atomic E-state index is -1.12. The number of benzene rings is 1. The van der Waals surface area contributed by atoms with Crippen molar-refractivity contribution in [2.45, 2.75) is 36.5 Å². The molecule has 0 aliphatic rings. The molecule has 3 unspecified atom stereocenters.